The fraction of sp³-hybridized carbons (Fsp3) is 0.286. The predicted molar refractivity (Wildman–Crippen MR) is 104 cm³/mol. The first kappa shape index (κ1) is 20.2. The third-order valence-electron chi connectivity index (χ3n) is 3.96. The molecule has 8 nitrogen and oxygen atoms in total. The molecule has 0 unspecified atom stereocenters. The highest BCUT2D eigenvalue weighted by Crippen LogP contribution is 2.26. The van der Waals surface area contributed by atoms with E-state index >= 15 is 0 Å². The Labute approximate surface area is 168 Å². The van der Waals surface area contributed by atoms with E-state index < -0.39 is 23.5 Å². The minimum absolute atomic E-state index is 0.00132. The Kier molecular flexibility index (Phi) is 5.45. The summed E-state index contributed by atoms with van der Waals surface area (Å²) in [4.78, 5) is 37.5. The lowest BCUT2D eigenvalue weighted by Gasteiger charge is -2.22. The molecule has 0 spiro atoms. The number of nitrogens with one attached hydrogen (secondary N) is 1. The normalized spacial score (nSPS) is 15.6. The van der Waals surface area contributed by atoms with Crippen molar-refractivity contribution in [3.05, 3.63) is 59.2 Å². The molecule has 3 rings (SSSR count). The lowest BCUT2D eigenvalue weighted by molar-refractivity contribution is -0.123. The van der Waals surface area contributed by atoms with Crippen LogP contribution in [0.1, 0.15) is 42.6 Å². The summed E-state index contributed by atoms with van der Waals surface area (Å²) < 4.78 is 15.8. The standard InChI is InChI=1S/C21H22N2O6/c1-21(2,3)29-16-8-6-5-7-13(16)11-15-18(24)23(20(26)22-15)12-14-9-10-17(28-14)19(25)27-4/h5-11H,12H2,1-4H3,(H,22,26)/b15-11-. The van der Waals surface area contributed by atoms with Crippen molar-refractivity contribution in [2.24, 2.45) is 0 Å². The van der Waals surface area contributed by atoms with E-state index in [0.29, 0.717) is 11.3 Å². The van der Waals surface area contributed by atoms with Crippen LogP contribution in [0.15, 0.2) is 46.5 Å². The van der Waals surface area contributed by atoms with E-state index in [2.05, 4.69) is 10.1 Å². The number of hydrogen-bond acceptors (Lipinski definition) is 6. The van der Waals surface area contributed by atoms with E-state index in [1.165, 1.54) is 19.2 Å². The number of methoxy groups -OCH3 is 1. The Hall–Kier alpha value is -3.55. The molecular weight excluding hydrogens is 376 g/mol. The van der Waals surface area contributed by atoms with Gasteiger partial charge in [-0.15, -0.1) is 0 Å². The third-order valence-corrected chi connectivity index (χ3v) is 3.96. The van der Waals surface area contributed by atoms with Crippen molar-refractivity contribution in [2.75, 3.05) is 7.11 Å². The summed E-state index contributed by atoms with van der Waals surface area (Å²) in [5.74, 6) is -0.256. The van der Waals surface area contributed by atoms with Gasteiger partial charge in [-0.25, -0.2) is 9.59 Å². The van der Waals surface area contributed by atoms with E-state index in [0.717, 1.165) is 4.90 Å². The number of imide groups is 1. The number of nitrogens with zero attached hydrogens (tertiary/aromatic N) is 1. The highest BCUT2D eigenvalue weighted by Gasteiger charge is 2.34. The van der Waals surface area contributed by atoms with Crippen LogP contribution < -0.4 is 10.1 Å². The summed E-state index contributed by atoms with van der Waals surface area (Å²) in [6.07, 6.45) is 1.57. The molecule has 0 atom stereocenters. The zero-order valence-electron chi connectivity index (χ0n) is 16.6. The van der Waals surface area contributed by atoms with Crippen LogP contribution in [0.3, 0.4) is 0 Å². The van der Waals surface area contributed by atoms with Gasteiger partial charge >= 0.3 is 12.0 Å². The Morgan fingerprint density at radius 1 is 1.17 bits per heavy atom. The average molecular weight is 398 g/mol. The van der Waals surface area contributed by atoms with Crippen LogP contribution >= 0.6 is 0 Å². The van der Waals surface area contributed by atoms with E-state index in [4.69, 9.17) is 9.15 Å². The van der Waals surface area contributed by atoms with Gasteiger partial charge in [-0.05, 0) is 45.0 Å². The van der Waals surface area contributed by atoms with Crippen molar-refractivity contribution < 1.29 is 28.3 Å². The van der Waals surface area contributed by atoms with Gasteiger partial charge in [0.25, 0.3) is 5.91 Å². The van der Waals surface area contributed by atoms with Crippen LogP contribution in [0.5, 0.6) is 5.75 Å². The Balaban J connectivity index is 1.81. The van der Waals surface area contributed by atoms with Crippen molar-refractivity contribution in [3.63, 3.8) is 0 Å². The van der Waals surface area contributed by atoms with Gasteiger partial charge in [-0.1, -0.05) is 18.2 Å². The first-order chi connectivity index (χ1) is 13.7. The molecule has 0 aliphatic carbocycles. The summed E-state index contributed by atoms with van der Waals surface area (Å²) >= 11 is 0. The summed E-state index contributed by atoms with van der Waals surface area (Å²) in [6, 6.07) is 9.61. The molecule has 1 aromatic heterocycles. The number of carbonyl (C=O) groups excluding carboxylic acids is 3. The van der Waals surface area contributed by atoms with Gasteiger partial charge in [0.15, 0.2) is 0 Å². The maximum Gasteiger partial charge on any atom is 0.373 e. The SMILES string of the molecule is COC(=O)c1ccc(CN2C(=O)N/C(=C\c3ccccc3OC(C)(C)C)C2=O)o1. The number of ether oxygens (including phenoxy) is 2. The van der Waals surface area contributed by atoms with Gasteiger partial charge in [-0.2, -0.15) is 0 Å². The van der Waals surface area contributed by atoms with Crippen molar-refractivity contribution in [1.29, 1.82) is 0 Å². The fourth-order valence-electron chi connectivity index (χ4n) is 2.72. The number of rotatable bonds is 5. The highest BCUT2D eigenvalue weighted by atomic mass is 16.5. The smallest absolute Gasteiger partial charge is 0.373 e. The molecule has 0 bridgehead atoms. The lowest BCUT2D eigenvalue weighted by Crippen LogP contribution is -2.30. The predicted octanol–water partition coefficient (Wildman–Crippen LogP) is 3.34. The topological polar surface area (TPSA) is 98.1 Å². The molecule has 2 aromatic rings. The molecule has 3 amide bonds. The Bertz CT molecular complexity index is 983. The molecule has 1 saturated heterocycles. The number of urea groups is 1. The van der Waals surface area contributed by atoms with Gasteiger partial charge in [0.2, 0.25) is 5.76 Å². The maximum absolute atomic E-state index is 12.7. The Morgan fingerprint density at radius 2 is 1.90 bits per heavy atom. The molecule has 1 fully saturated rings. The van der Waals surface area contributed by atoms with Crippen LogP contribution in [0.2, 0.25) is 0 Å². The summed E-state index contributed by atoms with van der Waals surface area (Å²) in [5.41, 5.74) is 0.374. The van der Waals surface area contributed by atoms with Gasteiger partial charge in [0.05, 0.1) is 13.7 Å². The number of para-hydroxylation sites is 1. The molecular formula is C21H22N2O6. The first-order valence-electron chi connectivity index (χ1n) is 8.97. The maximum atomic E-state index is 12.7. The quantitative estimate of drug-likeness (QED) is 0.471. The zero-order chi connectivity index (χ0) is 21.2. The molecule has 0 saturated carbocycles. The van der Waals surface area contributed by atoms with Crippen LogP contribution in [0.25, 0.3) is 6.08 Å². The first-order valence-corrected chi connectivity index (χ1v) is 8.97. The van der Waals surface area contributed by atoms with Crippen molar-refractivity contribution in [1.82, 2.24) is 10.2 Å². The largest absolute Gasteiger partial charge is 0.488 e. The number of furan rings is 1. The van der Waals surface area contributed by atoms with Crippen LogP contribution in [0.4, 0.5) is 4.79 Å². The minimum atomic E-state index is -0.635. The number of carbonyl (C=O) groups is 3. The molecule has 1 aliphatic rings. The summed E-state index contributed by atoms with van der Waals surface area (Å²) in [5, 5.41) is 2.56. The van der Waals surface area contributed by atoms with Gasteiger partial charge in [0.1, 0.15) is 22.8 Å². The van der Waals surface area contributed by atoms with Crippen molar-refractivity contribution in [3.8, 4) is 5.75 Å². The number of esters is 1. The van der Waals surface area contributed by atoms with Gasteiger partial charge < -0.3 is 19.2 Å². The monoisotopic (exact) mass is 398 g/mol. The summed E-state index contributed by atoms with van der Waals surface area (Å²) in [7, 11) is 1.24. The molecule has 8 heteroatoms. The molecule has 0 radical (unpaired) electrons. The van der Waals surface area contributed by atoms with Crippen LogP contribution in [0, 0.1) is 0 Å². The van der Waals surface area contributed by atoms with Crippen molar-refractivity contribution >= 4 is 24.0 Å². The molecule has 1 N–H and O–H groups in total. The van der Waals surface area contributed by atoms with Gasteiger partial charge in [0, 0.05) is 5.56 Å². The lowest BCUT2D eigenvalue weighted by atomic mass is 10.1. The van der Waals surface area contributed by atoms with E-state index in [9.17, 15) is 14.4 Å². The fourth-order valence-corrected chi connectivity index (χ4v) is 2.72. The number of hydrogen-bond donors (Lipinski definition) is 1. The summed E-state index contributed by atoms with van der Waals surface area (Å²) in [6.45, 7) is 5.66. The van der Waals surface area contributed by atoms with E-state index in [1.807, 2.05) is 32.9 Å². The zero-order valence-corrected chi connectivity index (χ0v) is 16.6. The molecule has 152 valence electrons. The third kappa shape index (κ3) is 4.66. The van der Waals surface area contributed by atoms with Gasteiger partial charge in [-0.3, -0.25) is 9.69 Å². The van der Waals surface area contributed by atoms with Crippen molar-refractivity contribution in [2.45, 2.75) is 32.9 Å². The molecule has 2 heterocycles. The van der Waals surface area contributed by atoms with Crippen LogP contribution in [-0.4, -0.2) is 35.5 Å². The van der Waals surface area contributed by atoms with E-state index in [-0.39, 0.29) is 23.8 Å². The Morgan fingerprint density at radius 3 is 2.59 bits per heavy atom. The second kappa shape index (κ2) is 7.83. The molecule has 29 heavy (non-hydrogen) atoms. The van der Waals surface area contributed by atoms with Crippen LogP contribution in [-0.2, 0) is 16.1 Å². The highest BCUT2D eigenvalue weighted by molar-refractivity contribution is 6.14. The average Bonchev–Trinajstić information content (AvgIpc) is 3.22. The second-order valence-electron chi connectivity index (χ2n) is 7.39. The number of benzene rings is 1. The van der Waals surface area contributed by atoms with E-state index in [1.54, 1.807) is 18.2 Å². The molecule has 1 aliphatic heterocycles. The number of amides is 3. The molecule has 1 aromatic carbocycles. The second-order valence-corrected chi connectivity index (χ2v) is 7.39. The minimum Gasteiger partial charge on any atom is -0.488 e.